The molecule has 0 amide bonds. The molecule has 1 aliphatic carbocycles. The Bertz CT molecular complexity index is 223. The van der Waals surface area contributed by atoms with Crippen molar-refractivity contribution >= 4 is 11.8 Å². The average Bonchev–Trinajstić information content (AvgIpc) is 2.34. The van der Waals surface area contributed by atoms with Gasteiger partial charge in [-0.15, -0.1) is 0 Å². The van der Waals surface area contributed by atoms with Crippen molar-refractivity contribution in [3.63, 3.8) is 0 Å². The Hall–Kier alpha value is 0.270. The third-order valence-corrected chi connectivity index (χ3v) is 4.81. The van der Waals surface area contributed by atoms with Crippen LogP contribution >= 0.6 is 11.8 Å². The molecule has 2 unspecified atom stereocenters. The summed E-state index contributed by atoms with van der Waals surface area (Å²) >= 11 is 1.95. The third-order valence-electron chi connectivity index (χ3n) is 4.22. The molecule has 0 bridgehead atoms. The van der Waals surface area contributed by atoms with Crippen LogP contribution in [0, 0.1) is 11.3 Å². The first-order valence-electron chi connectivity index (χ1n) is 7.50. The molecule has 2 atom stereocenters. The average molecular weight is 273 g/mol. The van der Waals surface area contributed by atoms with Gasteiger partial charge in [-0.25, -0.2) is 0 Å². The minimum atomic E-state index is 0.529. The molecule has 1 fully saturated rings. The third kappa shape index (κ3) is 5.50. The van der Waals surface area contributed by atoms with Crippen LogP contribution in [0.15, 0.2) is 0 Å². The Balaban J connectivity index is 2.53. The SMILES string of the molecule is CCNCC1(CN(C)CCSC)CCCC(C)C1. The molecule has 0 aromatic carbocycles. The van der Waals surface area contributed by atoms with Gasteiger partial charge in [0.15, 0.2) is 0 Å². The summed E-state index contributed by atoms with van der Waals surface area (Å²) in [5.41, 5.74) is 0.529. The van der Waals surface area contributed by atoms with E-state index in [1.807, 2.05) is 11.8 Å². The second-order valence-corrected chi connectivity index (χ2v) is 7.20. The number of rotatable bonds is 8. The van der Waals surface area contributed by atoms with Crippen LogP contribution < -0.4 is 5.32 Å². The highest BCUT2D eigenvalue weighted by molar-refractivity contribution is 7.98. The topological polar surface area (TPSA) is 15.3 Å². The van der Waals surface area contributed by atoms with Crippen molar-refractivity contribution in [3.8, 4) is 0 Å². The Labute approximate surface area is 118 Å². The van der Waals surface area contributed by atoms with Gasteiger partial charge in [-0.2, -0.15) is 11.8 Å². The first kappa shape index (κ1) is 16.3. The van der Waals surface area contributed by atoms with E-state index in [4.69, 9.17) is 0 Å². The highest BCUT2D eigenvalue weighted by Crippen LogP contribution is 2.39. The van der Waals surface area contributed by atoms with Crippen LogP contribution in [0.1, 0.15) is 39.5 Å². The summed E-state index contributed by atoms with van der Waals surface area (Å²) in [6, 6.07) is 0. The fourth-order valence-electron chi connectivity index (χ4n) is 3.42. The molecule has 1 N–H and O–H groups in total. The van der Waals surface area contributed by atoms with E-state index in [0.29, 0.717) is 5.41 Å². The molecular weight excluding hydrogens is 240 g/mol. The standard InChI is InChI=1S/C15H32N2S/c1-5-16-12-15(8-6-7-14(2)11-15)13-17(3)9-10-18-4/h14,16H,5-13H2,1-4H3. The highest BCUT2D eigenvalue weighted by Gasteiger charge is 2.35. The van der Waals surface area contributed by atoms with Crippen molar-refractivity contribution in [1.29, 1.82) is 0 Å². The first-order chi connectivity index (χ1) is 8.62. The van der Waals surface area contributed by atoms with Gasteiger partial charge in [0.1, 0.15) is 0 Å². The van der Waals surface area contributed by atoms with Crippen molar-refractivity contribution in [2.45, 2.75) is 39.5 Å². The number of hydrogen-bond donors (Lipinski definition) is 1. The number of hydrogen-bond acceptors (Lipinski definition) is 3. The fourth-order valence-corrected chi connectivity index (χ4v) is 3.91. The van der Waals surface area contributed by atoms with Crippen molar-refractivity contribution in [2.75, 3.05) is 45.2 Å². The Kier molecular flexibility index (Phi) is 7.66. The minimum absolute atomic E-state index is 0.529. The lowest BCUT2D eigenvalue weighted by atomic mass is 9.69. The zero-order chi connectivity index (χ0) is 13.4. The van der Waals surface area contributed by atoms with Crippen LogP contribution in [0.25, 0.3) is 0 Å². The van der Waals surface area contributed by atoms with Gasteiger partial charge >= 0.3 is 0 Å². The molecular formula is C15H32N2S. The predicted octanol–water partition coefficient (Wildman–Crippen LogP) is 3.09. The van der Waals surface area contributed by atoms with Crippen LogP contribution in [0.3, 0.4) is 0 Å². The van der Waals surface area contributed by atoms with Gasteiger partial charge in [-0.1, -0.05) is 26.7 Å². The van der Waals surface area contributed by atoms with Gasteiger partial charge in [0.05, 0.1) is 0 Å². The second kappa shape index (κ2) is 8.44. The van der Waals surface area contributed by atoms with E-state index in [2.05, 4.69) is 37.4 Å². The quantitative estimate of drug-likeness (QED) is 0.731. The van der Waals surface area contributed by atoms with Gasteiger partial charge in [-0.3, -0.25) is 0 Å². The summed E-state index contributed by atoms with van der Waals surface area (Å²) in [4.78, 5) is 2.55. The smallest absolute Gasteiger partial charge is 0.00694 e. The van der Waals surface area contributed by atoms with Crippen molar-refractivity contribution in [2.24, 2.45) is 11.3 Å². The number of thioether (sulfide) groups is 1. The van der Waals surface area contributed by atoms with E-state index in [0.717, 1.165) is 12.5 Å². The van der Waals surface area contributed by atoms with Crippen molar-refractivity contribution in [1.82, 2.24) is 10.2 Å². The first-order valence-corrected chi connectivity index (χ1v) is 8.89. The summed E-state index contributed by atoms with van der Waals surface area (Å²) < 4.78 is 0. The van der Waals surface area contributed by atoms with Crippen molar-refractivity contribution in [3.05, 3.63) is 0 Å². The normalized spacial score (nSPS) is 28.8. The Morgan fingerprint density at radius 3 is 2.83 bits per heavy atom. The molecule has 0 spiro atoms. The van der Waals surface area contributed by atoms with E-state index >= 15 is 0 Å². The second-order valence-electron chi connectivity index (χ2n) is 6.21. The van der Waals surface area contributed by atoms with Crippen LogP contribution in [-0.2, 0) is 0 Å². The van der Waals surface area contributed by atoms with Gasteiger partial charge in [0.25, 0.3) is 0 Å². The van der Waals surface area contributed by atoms with E-state index in [1.165, 1.54) is 51.1 Å². The molecule has 0 radical (unpaired) electrons. The number of nitrogens with zero attached hydrogens (tertiary/aromatic N) is 1. The molecule has 0 aromatic heterocycles. The lowest BCUT2D eigenvalue weighted by Gasteiger charge is -2.43. The van der Waals surface area contributed by atoms with E-state index in [1.54, 1.807) is 0 Å². The van der Waals surface area contributed by atoms with E-state index < -0.39 is 0 Å². The molecule has 0 aliphatic heterocycles. The van der Waals surface area contributed by atoms with Crippen LogP contribution in [0.5, 0.6) is 0 Å². The molecule has 0 saturated heterocycles. The lowest BCUT2D eigenvalue weighted by Crippen LogP contribution is -2.46. The monoisotopic (exact) mass is 272 g/mol. The summed E-state index contributed by atoms with van der Waals surface area (Å²) in [7, 11) is 2.29. The van der Waals surface area contributed by atoms with Gasteiger partial charge in [0.2, 0.25) is 0 Å². The van der Waals surface area contributed by atoms with E-state index in [-0.39, 0.29) is 0 Å². The van der Waals surface area contributed by atoms with Gasteiger partial charge < -0.3 is 10.2 Å². The maximum Gasteiger partial charge on any atom is 0.00694 e. The molecule has 108 valence electrons. The maximum absolute atomic E-state index is 3.61. The molecule has 1 saturated carbocycles. The highest BCUT2D eigenvalue weighted by atomic mass is 32.2. The number of nitrogens with one attached hydrogen (secondary N) is 1. The Morgan fingerprint density at radius 1 is 1.44 bits per heavy atom. The lowest BCUT2D eigenvalue weighted by molar-refractivity contribution is 0.0952. The molecule has 18 heavy (non-hydrogen) atoms. The molecule has 1 aliphatic rings. The zero-order valence-electron chi connectivity index (χ0n) is 12.8. The van der Waals surface area contributed by atoms with Gasteiger partial charge in [-0.05, 0) is 44.0 Å². The minimum Gasteiger partial charge on any atom is -0.316 e. The summed E-state index contributed by atoms with van der Waals surface area (Å²) in [5, 5.41) is 3.61. The van der Waals surface area contributed by atoms with Crippen LogP contribution in [0.4, 0.5) is 0 Å². The zero-order valence-corrected chi connectivity index (χ0v) is 13.6. The van der Waals surface area contributed by atoms with Crippen LogP contribution in [0.2, 0.25) is 0 Å². The summed E-state index contributed by atoms with van der Waals surface area (Å²) in [5.74, 6) is 2.16. The molecule has 1 rings (SSSR count). The molecule has 0 heterocycles. The van der Waals surface area contributed by atoms with Gasteiger partial charge in [0, 0.05) is 25.4 Å². The van der Waals surface area contributed by atoms with Crippen molar-refractivity contribution < 1.29 is 0 Å². The summed E-state index contributed by atoms with van der Waals surface area (Å²) in [6.07, 6.45) is 7.87. The maximum atomic E-state index is 3.61. The van der Waals surface area contributed by atoms with E-state index in [9.17, 15) is 0 Å². The Morgan fingerprint density at radius 2 is 2.22 bits per heavy atom. The predicted molar refractivity (Wildman–Crippen MR) is 84.5 cm³/mol. The van der Waals surface area contributed by atoms with Crippen LogP contribution in [-0.4, -0.2) is 50.1 Å². The molecule has 3 heteroatoms. The largest absolute Gasteiger partial charge is 0.316 e. The molecule has 0 aromatic rings. The molecule has 2 nitrogen and oxygen atoms in total. The summed E-state index contributed by atoms with van der Waals surface area (Å²) in [6.45, 7) is 9.45. The fraction of sp³-hybridized carbons (Fsp3) is 1.00.